The molecule has 16 heteroatoms. The molecule has 9 rings (SSSR count). The number of rotatable bonds is 10. The van der Waals surface area contributed by atoms with Crippen LogP contribution in [0.3, 0.4) is 0 Å². The Bertz CT molecular complexity index is 2810. The highest BCUT2D eigenvalue weighted by molar-refractivity contribution is 14.1. The van der Waals surface area contributed by atoms with Crippen LogP contribution in [-0.2, 0) is 0 Å². The topological polar surface area (TPSA) is 143 Å². The van der Waals surface area contributed by atoms with Crippen molar-refractivity contribution in [3.05, 3.63) is 164 Å². The van der Waals surface area contributed by atoms with Gasteiger partial charge in [0.1, 0.15) is 17.9 Å². The lowest BCUT2D eigenvalue weighted by Crippen LogP contribution is -2.25. The fourth-order valence-electron chi connectivity index (χ4n) is 7.25. The molecule has 3 aliphatic rings. The summed E-state index contributed by atoms with van der Waals surface area (Å²) in [5.41, 5.74) is 4.70. The van der Waals surface area contributed by atoms with E-state index in [2.05, 4.69) is 46.9 Å². The Hall–Kier alpha value is -6.50. The summed E-state index contributed by atoms with van der Waals surface area (Å²) in [7, 11) is 0. The molecule has 0 aliphatic carbocycles. The van der Waals surface area contributed by atoms with E-state index in [0.717, 1.165) is 14.8 Å². The Morgan fingerprint density at radius 3 is 2.33 bits per heavy atom. The molecule has 3 N–H and O–H groups in total. The molecule has 0 spiro atoms. The monoisotopic (exact) mass is 942 g/mol. The highest BCUT2D eigenvalue weighted by atomic mass is 127. The first-order valence-corrected chi connectivity index (χ1v) is 19.7. The first kappa shape index (κ1) is 39.9. The first-order valence-electron chi connectivity index (χ1n) is 18.6. The first-order chi connectivity index (χ1) is 29.2. The number of nitrogens with one attached hydrogen (secondary N) is 1. The van der Waals surface area contributed by atoms with Crippen LogP contribution >= 0.6 is 22.6 Å². The van der Waals surface area contributed by atoms with Crippen LogP contribution in [0.25, 0.3) is 28.7 Å². The zero-order valence-corrected chi connectivity index (χ0v) is 33.8. The molecule has 3 aliphatic heterocycles. The van der Waals surface area contributed by atoms with Crippen LogP contribution in [0, 0.1) is 15.9 Å². The van der Waals surface area contributed by atoms with Crippen LogP contribution in [0.15, 0.2) is 137 Å². The van der Waals surface area contributed by atoms with Crippen molar-refractivity contribution in [3.63, 3.8) is 0 Å². The van der Waals surface area contributed by atoms with Crippen LogP contribution < -0.4 is 23.8 Å². The lowest BCUT2D eigenvalue weighted by atomic mass is 9.92. The number of aromatic nitrogens is 2. The van der Waals surface area contributed by atoms with E-state index in [1.165, 1.54) is 42.6 Å². The second kappa shape index (κ2) is 15.5. The number of aryl methyl sites for hydroxylation is 1. The van der Waals surface area contributed by atoms with E-state index in [-0.39, 0.29) is 51.3 Å². The second-order valence-corrected chi connectivity index (χ2v) is 15.5. The predicted octanol–water partition coefficient (Wildman–Crippen LogP) is 10.1. The van der Waals surface area contributed by atoms with Crippen molar-refractivity contribution in [2.45, 2.75) is 31.7 Å². The fraction of sp³-hybridized carbons (Fsp3) is 0.133. The van der Waals surface area contributed by atoms with Gasteiger partial charge in [0.2, 0.25) is 0 Å². The molecule has 61 heavy (non-hydrogen) atoms. The number of halogens is 5. The maximum Gasteiger partial charge on any atom is 0.586 e. The van der Waals surface area contributed by atoms with Crippen molar-refractivity contribution < 1.29 is 51.2 Å². The number of aliphatic hydroxyl groups is 2. The predicted molar refractivity (Wildman–Crippen MR) is 224 cm³/mol. The molecule has 308 valence electrons. The van der Waals surface area contributed by atoms with Crippen LogP contribution in [0.4, 0.5) is 23.2 Å². The number of ether oxygens (including phenoxy) is 4. The quantitative estimate of drug-likeness (QED) is 0.0690. The van der Waals surface area contributed by atoms with E-state index < -0.39 is 24.8 Å². The smallest absolute Gasteiger partial charge is 0.395 e. The molecule has 0 fully saturated rings. The summed E-state index contributed by atoms with van der Waals surface area (Å²) in [6, 6.07) is 24.5. The molecule has 0 saturated heterocycles. The lowest BCUT2D eigenvalue weighted by Gasteiger charge is -2.27. The minimum Gasteiger partial charge on any atom is -0.395 e. The van der Waals surface area contributed by atoms with Gasteiger partial charge in [-0.05, 0) is 107 Å². The Morgan fingerprint density at radius 1 is 0.852 bits per heavy atom. The fourth-order valence-corrected chi connectivity index (χ4v) is 7.79. The van der Waals surface area contributed by atoms with E-state index in [1.54, 1.807) is 36.7 Å². The number of nitrogens with zero attached hydrogens (tertiary/aromatic N) is 3. The van der Waals surface area contributed by atoms with Crippen molar-refractivity contribution in [1.82, 2.24) is 10.1 Å². The molecule has 0 radical (unpaired) electrons. The van der Waals surface area contributed by atoms with Crippen LogP contribution in [0.1, 0.15) is 40.0 Å². The van der Waals surface area contributed by atoms with Gasteiger partial charge in [-0.15, -0.1) is 17.6 Å². The Kier molecular flexibility index (Phi) is 10.2. The van der Waals surface area contributed by atoms with Crippen molar-refractivity contribution in [2.75, 3.05) is 11.4 Å². The molecular weight excluding hydrogens is 911 g/mol. The Labute approximate surface area is 358 Å². The number of alkyl halides is 4. The number of pyridine rings is 1. The van der Waals surface area contributed by atoms with E-state index in [9.17, 15) is 33.2 Å². The number of hydrogen-bond donors (Lipinski definition) is 3. The van der Waals surface area contributed by atoms with E-state index in [0.29, 0.717) is 39.9 Å². The third-order valence-electron chi connectivity index (χ3n) is 10.1. The zero-order valence-electron chi connectivity index (χ0n) is 31.7. The minimum atomic E-state index is -3.85. The van der Waals surface area contributed by atoms with Crippen molar-refractivity contribution in [2.24, 2.45) is 0 Å². The van der Waals surface area contributed by atoms with Gasteiger partial charge in [-0.3, -0.25) is 10.4 Å². The highest BCUT2D eigenvalue weighted by Crippen LogP contribution is 2.47. The molecule has 0 bridgehead atoms. The van der Waals surface area contributed by atoms with Gasteiger partial charge in [0.05, 0.1) is 11.3 Å². The summed E-state index contributed by atoms with van der Waals surface area (Å²) in [4.78, 5) is 6.04. The van der Waals surface area contributed by atoms with Gasteiger partial charge in [-0.25, -0.2) is 0 Å². The molecule has 11 nitrogen and oxygen atoms in total. The van der Waals surface area contributed by atoms with E-state index in [4.69, 9.17) is 9.26 Å². The molecule has 2 atom stereocenters. The number of aliphatic hydroxyl groups excluding tert-OH is 2. The SMILES string of the molecule is Cc1ccc(C=C(C(=N)c2ccc3c(c2)OC(F)(F)O3)C(O)c2cccnc2)cc1N1C=C(C(O)c2c(-c3ccc4c(c3)OC(F)(F)O4)noc2-c2cccc(I)c2)C=CC1. The van der Waals surface area contributed by atoms with Gasteiger partial charge in [-0.2, -0.15) is 0 Å². The molecule has 4 aromatic carbocycles. The maximum atomic E-state index is 14.0. The summed E-state index contributed by atoms with van der Waals surface area (Å²) in [5, 5.41) is 37.4. The molecule has 0 saturated carbocycles. The minimum absolute atomic E-state index is 0.144. The third-order valence-corrected chi connectivity index (χ3v) is 10.8. The van der Waals surface area contributed by atoms with Crippen molar-refractivity contribution in [3.8, 4) is 45.6 Å². The number of benzene rings is 4. The average molecular weight is 943 g/mol. The van der Waals surface area contributed by atoms with Gasteiger partial charge in [-0.1, -0.05) is 47.6 Å². The van der Waals surface area contributed by atoms with Gasteiger partial charge >= 0.3 is 12.6 Å². The van der Waals surface area contributed by atoms with Crippen LogP contribution in [0.5, 0.6) is 23.0 Å². The number of hydrogen-bond acceptors (Lipinski definition) is 11. The molecule has 2 aromatic heterocycles. The summed E-state index contributed by atoms with van der Waals surface area (Å²) in [6.45, 7) is 2.32. The molecule has 6 aromatic rings. The average Bonchev–Trinajstić information content (AvgIpc) is 3.93. The van der Waals surface area contributed by atoms with Crippen molar-refractivity contribution >= 4 is 40.1 Å². The summed E-state index contributed by atoms with van der Waals surface area (Å²) >= 11 is 2.17. The van der Waals surface area contributed by atoms with E-state index >= 15 is 0 Å². The molecule has 5 heterocycles. The number of fused-ring (bicyclic) bond motifs is 2. The summed E-state index contributed by atoms with van der Waals surface area (Å²) in [6.07, 6.45) is -0.242. The Morgan fingerprint density at radius 2 is 1.59 bits per heavy atom. The van der Waals surface area contributed by atoms with E-state index in [1.807, 2.05) is 60.4 Å². The van der Waals surface area contributed by atoms with Gasteiger partial charge < -0.3 is 38.6 Å². The standard InChI is InChI=1S/C45H31F4IN4O7/c1-24-9-10-25(17-32(41(55)29-6-3-15-52-22-29)39(51)26-11-13-34-36(20-26)59-44(46,47)57-34)18-33(24)54-16-4-7-30(23-54)42(56)38-40(53-61-43(38)28-5-2-8-31(50)19-28)27-12-14-35-37(21-27)60-45(48,49)58-35/h2-15,17-23,41-42,51,55-56H,16H2,1H3. The van der Waals surface area contributed by atoms with Gasteiger partial charge in [0.15, 0.2) is 28.8 Å². The normalized spacial score (nSPS) is 17.0. The molecule has 2 unspecified atom stereocenters. The van der Waals surface area contributed by atoms with Gasteiger partial charge in [0.25, 0.3) is 0 Å². The zero-order chi connectivity index (χ0) is 42.6. The van der Waals surface area contributed by atoms with Crippen LogP contribution in [-0.4, -0.2) is 45.2 Å². The Balaban J connectivity index is 1.08. The van der Waals surface area contributed by atoms with Crippen LogP contribution in [0.2, 0.25) is 0 Å². The molecule has 0 amide bonds. The summed E-state index contributed by atoms with van der Waals surface area (Å²) < 4.78 is 80.9. The maximum absolute atomic E-state index is 14.0. The largest absolute Gasteiger partial charge is 0.586 e. The third kappa shape index (κ3) is 7.96. The summed E-state index contributed by atoms with van der Waals surface area (Å²) in [5.74, 6) is -0.484. The molecular formula is C45H31F4IN4O7. The van der Waals surface area contributed by atoms with Gasteiger partial charge in [0, 0.05) is 67.8 Å². The number of anilines is 1. The highest BCUT2D eigenvalue weighted by Gasteiger charge is 2.45. The second-order valence-electron chi connectivity index (χ2n) is 14.2. The van der Waals surface area contributed by atoms with Crippen molar-refractivity contribution in [1.29, 1.82) is 5.41 Å². The lowest BCUT2D eigenvalue weighted by molar-refractivity contribution is -0.287.